The number of hydrogen-bond donors (Lipinski definition) is 1. The summed E-state index contributed by atoms with van der Waals surface area (Å²) in [6, 6.07) is 0. The number of nitrogens with two attached hydrogens (primary N) is 1. The van der Waals surface area contributed by atoms with Crippen LogP contribution < -0.4 is 5.73 Å². The van der Waals surface area contributed by atoms with Gasteiger partial charge in [-0.05, 0) is 44.1 Å². The Bertz CT molecular complexity index is 241. The Balaban J connectivity index is 2.15. The average Bonchev–Trinajstić information content (AvgIpc) is 2.38. The molecule has 2 heteroatoms. The van der Waals surface area contributed by atoms with E-state index in [0.29, 0.717) is 5.54 Å². The Kier molecular flexibility index (Phi) is 4.48. The lowest BCUT2D eigenvalue weighted by molar-refractivity contribution is -0.0202. The molecule has 2 aliphatic rings. The minimum Gasteiger partial charge on any atom is -0.329 e. The van der Waals surface area contributed by atoms with Crippen LogP contribution in [0.25, 0.3) is 0 Å². The van der Waals surface area contributed by atoms with Gasteiger partial charge in [0.1, 0.15) is 0 Å². The molecule has 0 bridgehead atoms. The molecular formula is C15H30N2. The first-order valence-corrected chi connectivity index (χ1v) is 7.68. The minimum absolute atomic E-state index is 0.349. The van der Waals surface area contributed by atoms with Crippen LogP contribution >= 0.6 is 0 Å². The third-order valence-electron chi connectivity index (χ3n) is 5.31. The number of hydrogen-bond acceptors (Lipinski definition) is 2. The van der Waals surface area contributed by atoms with Gasteiger partial charge in [0, 0.05) is 18.6 Å². The maximum atomic E-state index is 6.24. The predicted octanol–water partition coefficient (Wildman–Crippen LogP) is 3.02. The number of piperidine rings is 1. The van der Waals surface area contributed by atoms with Crippen molar-refractivity contribution in [2.24, 2.45) is 17.6 Å². The van der Waals surface area contributed by atoms with Crippen molar-refractivity contribution in [3.63, 3.8) is 0 Å². The smallest absolute Gasteiger partial charge is 0.0359 e. The van der Waals surface area contributed by atoms with Crippen LogP contribution in [0.5, 0.6) is 0 Å². The van der Waals surface area contributed by atoms with Crippen LogP contribution in [-0.2, 0) is 0 Å². The highest BCUT2D eigenvalue weighted by atomic mass is 15.2. The molecule has 1 saturated carbocycles. The van der Waals surface area contributed by atoms with Crippen molar-refractivity contribution in [3.05, 3.63) is 0 Å². The minimum atomic E-state index is 0.349. The van der Waals surface area contributed by atoms with Crippen LogP contribution in [0.3, 0.4) is 0 Å². The Morgan fingerprint density at radius 3 is 2.71 bits per heavy atom. The summed E-state index contributed by atoms with van der Waals surface area (Å²) in [4.78, 5) is 2.77. The molecule has 1 saturated heterocycles. The van der Waals surface area contributed by atoms with E-state index < -0.39 is 0 Å². The van der Waals surface area contributed by atoms with Crippen molar-refractivity contribution in [3.8, 4) is 0 Å². The summed E-state index contributed by atoms with van der Waals surface area (Å²) in [5, 5.41) is 0. The van der Waals surface area contributed by atoms with Crippen molar-refractivity contribution in [2.45, 2.75) is 64.3 Å². The Hall–Kier alpha value is -0.0800. The quantitative estimate of drug-likeness (QED) is 0.819. The van der Waals surface area contributed by atoms with Crippen molar-refractivity contribution >= 4 is 0 Å². The molecule has 1 aliphatic carbocycles. The highest BCUT2D eigenvalue weighted by Crippen LogP contribution is 2.41. The average molecular weight is 238 g/mol. The largest absolute Gasteiger partial charge is 0.329 e. The first-order valence-electron chi connectivity index (χ1n) is 7.68. The third kappa shape index (κ3) is 2.53. The zero-order valence-electron chi connectivity index (χ0n) is 11.8. The molecule has 0 radical (unpaired) electrons. The summed E-state index contributed by atoms with van der Waals surface area (Å²) in [6.45, 7) is 8.21. The Morgan fingerprint density at radius 1 is 1.24 bits per heavy atom. The molecule has 0 amide bonds. The van der Waals surface area contributed by atoms with Crippen LogP contribution in [0.1, 0.15) is 58.8 Å². The van der Waals surface area contributed by atoms with Crippen molar-refractivity contribution in [1.29, 1.82) is 0 Å². The maximum absolute atomic E-state index is 6.24. The van der Waals surface area contributed by atoms with E-state index in [1.54, 1.807) is 0 Å². The second-order valence-corrected chi connectivity index (χ2v) is 6.35. The van der Waals surface area contributed by atoms with Crippen LogP contribution in [-0.4, -0.2) is 30.1 Å². The van der Waals surface area contributed by atoms with Gasteiger partial charge < -0.3 is 5.73 Å². The van der Waals surface area contributed by atoms with Crippen LogP contribution in [0, 0.1) is 11.8 Å². The highest BCUT2D eigenvalue weighted by molar-refractivity contribution is 5.00. The molecule has 3 unspecified atom stereocenters. The second kappa shape index (κ2) is 5.71. The molecule has 0 aromatic carbocycles. The molecule has 3 atom stereocenters. The van der Waals surface area contributed by atoms with Crippen LogP contribution in [0.2, 0.25) is 0 Å². The predicted molar refractivity (Wildman–Crippen MR) is 74.0 cm³/mol. The number of rotatable bonds is 3. The van der Waals surface area contributed by atoms with Gasteiger partial charge in [-0.3, -0.25) is 4.90 Å². The van der Waals surface area contributed by atoms with Crippen molar-refractivity contribution in [1.82, 2.24) is 4.90 Å². The van der Waals surface area contributed by atoms with Gasteiger partial charge in [-0.1, -0.05) is 33.1 Å². The lowest BCUT2D eigenvalue weighted by Crippen LogP contribution is -2.61. The van der Waals surface area contributed by atoms with Gasteiger partial charge in [-0.2, -0.15) is 0 Å². The lowest BCUT2D eigenvalue weighted by atomic mass is 9.69. The fourth-order valence-electron chi connectivity index (χ4n) is 4.29. The fraction of sp³-hybridized carbons (Fsp3) is 1.00. The molecule has 0 spiro atoms. The fourth-order valence-corrected chi connectivity index (χ4v) is 4.29. The molecule has 0 aromatic rings. The van der Waals surface area contributed by atoms with Crippen LogP contribution in [0.15, 0.2) is 0 Å². The molecular weight excluding hydrogens is 208 g/mol. The molecule has 1 aliphatic heterocycles. The van der Waals surface area contributed by atoms with Crippen molar-refractivity contribution < 1.29 is 0 Å². The molecule has 2 fully saturated rings. The Morgan fingerprint density at radius 2 is 2.06 bits per heavy atom. The van der Waals surface area contributed by atoms with Crippen molar-refractivity contribution in [2.75, 3.05) is 19.6 Å². The standard InChI is InChI=1S/C15H30N2/c1-3-14-8-4-5-9-15(14,12-16)17-10-6-7-13(2)11-17/h13-14H,3-12,16H2,1-2H3. The van der Waals surface area contributed by atoms with E-state index in [1.807, 2.05) is 0 Å². The summed E-state index contributed by atoms with van der Waals surface area (Å²) >= 11 is 0. The molecule has 2 nitrogen and oxygen atoms in total. The Labute approximate surface area is 107 Å². The van der Waals surface area contributed by atoms with E-state index in [4.69, 9.17) is 5.73 Å². The second-order valence-electron chi connectivity index (χ2n) is 6.35. The molecule has 0 aromatic heterocycles. The lowest BCUT2D eigenvalue weighted by Gasteiger charge is -2.53. The van der Waals surface area contributed by atoms with Gasteiger partial charge in [-0.25, -0.2) is 0 Å². The SMILES string of the molecule is CCC1CCCCC1(CN)N1CCCC(C)C1. The van der Waals surface area contributed by atoms with E-state index in [9.17, 15) is 0 Å². The zero-order chi connectivity index (χ0) is 12.3. The summed E-state index contributed by atoms with van der Waals surface area (Å²) in [6.07, 6.45) is 9.64. The molecule has 1 heterocycles. The first kappa shape index (κ1) is 13.4. The van der Waals surface area contributed by atoms with E-state index in [-0.39, 0.29) is 0 Å². The molecule has 2 N–H and O–H groups in total. The van der Waals surface area contributed by atoms with E-state index in [0.717, 1.165) is 18.4 Å². The van der Waals surface area contributed by atoms with Gasteiger partial charge in [0.25, 0.3) is 0 Å². The van der Waals surface area contributed by atoms with Gasteiger partial charge in [0.2, 0.25) is 0 Å². The van der Waals surface area contributed by atoms with E-state index in [2.05, 4.69) is 18.7 Å². The van der Waals surface area contributed by atoms with Gasteiger partial charge in [0.05, 0.1) is 0 Å². The highest BCUT2D eigenvalue weighted by Gasteiger charge is 2.44. The maximum Gasteiger partial charge on any atom is 0.0359 e. The van der Waals surface area contributed by atoms with Crippen LogP contribution in [0.4, 0.5) is 0 Å². The topological polar surface area (TPSA) is 29.3 Å². The zero-order valence-corrected chi connectivity index (χ0v) is 11.8. The van der Waals surface area contributed by atoms with Gasteiger partial charge >= 0.3 is 0 Å². The third-order valence-corrected chi connectivity index (χ3v) is 5.31. The molecule has 2 rings (SSSR count). The molecule has 17 heavy (non-hydrogen) atoms. The van der Waals surface area contributed by atoms with Gasteiger partial charge in [0.15, 0.2) is 0 Å². The summed E-state index contributed by atoms with van der Waals surface area (Å²) in [5.74, 6) is 1.71. The normalized spacial score (nSPS) is 40.4. The number of likely N-dealkylation sites (tertiary alicyclic amines) is 1. The van der Waals surface area contributed by atoms with Gasteiger partial charge in [-0.15, -0.1) is 0 Å². The summed E-state index contributed by atoms with van der Waals surface area (Å²) < 4.78 is 0. The monoisotopic (exact) mass is 238 g/mol. The number of nitrogens with zero attached hydrogens (tertiary/aromatic N) is 1. The molecule has 100 valence electrons. The van der Waals surface area contributed by atoms with E-state index >= 15 is 0 Å². The summed E-state index contributed by atoms with van der Waals surface area (Å²) in [5.41, 5.74) is 6.59. The summed E-state index contributed by atoms with van der Waals surface area (Å²) in [7, 11) is 0. The first-order chi connectivity index (χ1) is 8.23. The van der Waals surface area contributed by atoms with E-state index in [1.165, 1.54) is 58.0 Å².